The lowest BCUT2D eigenvalue weighted by Gasteiger charge is -2.42. The second-order valence-corrected chi connectivity index (χ2v) is 6.78. The number of aliphatic imine (C=N–C) groups is 1. The van der Waals surface area contributed by atoms with Gasteiger partial charge < -0.3 is 10.2 Å². The minimum Gasteiger partial charge on any atom is -0.357 e. The number of nitrogens with zero attached hydrogens (tertiary/aromatic N) is 4. The first kappa shape index (κ1) is 16.8. The van der Waals surface area contributed by atoms with Gasteiger partial charge in [0, 0.05) is 38.4 Å². The lowest BCUT2D eigenvalue weighted by molar-refractivity contribution is 0.142. The van der Waals surface area contributed by atoms with E-state index < -0.39 is 0 Å². The van der Waals surface area contributed by atoms with E-state index in [1.54, 1.807) is 0 Å². The van der Waals surface area contributed by atoms with Gasteiger partial charge in [-0.3, -0.25) is 4.68 Å². The summed E-state index contributed by atoms with van der Waals surface area (Å²) in [6.07, 6.45) is 9.07. The van der Waals surface area contributed by atoms with Crippen molar-refractivity contribution in [2.45, 2.75) is 53.0 Å². The molecule has 0 aromatic carbocycles. The number of aromatic nitrogens is 2. The third-order valence-corrected chi connectivity index (χ3v) is 4.44. The molecule has 5 nitrogen and oxygen atoms in total. The first-order valence-corrected chi connectivity index (χ1v) is 8.57. The van der Waals surface area contributed by atoms with Gasteiger partial charge in [-0.25, -0.2) is 4.99 Å². The average molecular weight is 305 g/mol. The molecule has 0 radical (unpaired) electrons. The zero-order valence-corrected chi connectivity index (χ0v) is 14.6. The van der Waals surface area contributed by atoms with Crippen LogP contribution < -0.4 is 5.32 Å². The summed E-state index contributed by atoms with van der Waals surface area (Å²) < 4.78 is 1.83. The summed E-state index contributed by atoms with van der Waals surface area (Å²) in [7, 11) is 1.94. The van der Waals surface area contributed by atoms with Crippen molar-refractivity contribution in [3.05, 3.63) is 18.0 Å². The molecule has 1 N–H and O–H groups in total. The molecule has 0 amide bonds. The monoisotopic (exact) mass is 305 g/mol. The number of aryl methyl sites for hydroxylation is 1. The van der Waals surface area contributed by atoms with Gasteiger partial charge in [-0.15, -0.1) is 0 Å². The van der Waals surface area contributed by atoms with Crippen LogP contribution in [-0.2, 0) is 13.6 Å². The molecule has 1 aliphatic rings. The Morgan fingerprint density at radius 1 is 1.45 bits per heavy atom. The molecule has 1 unspecified atom stereocenters. The predicted octanol–water partition coefficient (Wildman–Crippen LogP) is 2.79. The Balaban J connectivity index is 2.05. The Labute approximate surface area is 134 Å². The van der Waals surface area contributed by atoms with E-state index in [0.717, 1.165) is 31.2 Å². The molecule has 5 heteroatoms. The first-order valence-electron chi connectivity index (χ1n) is 8.57. The molecular formula is C17H31N5. The quantitative estimate of drug-likeness (QED) is 0.672. The Bertz CT molecular complexity index is 489. The number of piperidine rings is 1. The van der Waals surface area contributed by atoms with Gasteiger partial charge in [0.25, 0.3) is 0 Å². The SMILES string of the molecule is CCCC1(C)CCCN(C(=NCc2cnn(C)c2)NCC)C1. The van der Waals surface area contributed by atoms with Crippen LogP contribution in [0.3, 0.4) is 0 Å². The van der Waals surface area contributed by atoms with Crippen molar-refractivity contribution >= 4 is 5.96 Å². The summed E-state index contributed by atoms with van der Waals surface area (Å²) in [5.41, 5.74) is 1.59. The summed E-state index contributed by atoms with van der Waals surface area (Å²) in [6, 6.07) is 0. The van der Waals surface area contributed by atoms with Crippen LogP contribution in [0.4, 0.5) is 0 Å². The van der Waals surface area contributed by atoms with Gasteiger partial charge in [-0.1, -0.05) is 20.3 Å². The molecule has 1 atom stereocenters. The van der Waals surface area contributed by atoms with Crippen LogP contribution in [0, 0.1) is 5.41 Å². The van der Waals surface area contributed by atoms with Crippen LogP contribution >= 0.6 is 0 Å². The zero-order chi connectivity index (χ0) is 16.0. The molecule has 0 saturated carbocycles. The minimum atomic E-state index is 0.428. The fourth-order valence-corrected chi connectivity index (χ4v) is 3.45. The molecule has 22 heavy (non-hydrogen) atoms. The summed E-state index contributed by atoms with van der Waals surface area (Å²) >= 11 is 0. The second kappa shape index (κ2) is 7.65. The van der Waals surface area contributed by atoms with Crippen molar-refractivity contribution in [3.63, 3.8) is 0 Å². The summed E-state index contributed by atoms with van der Waals surface area (Å²) in [4.78, 5) is 7.27. The van der Waals surface area contributed by atoms with Crippen LogP contribution in [0.5, 0.6) is 0 Å². The van der Waals surface area contributed by atoms with Crippen molar-refractivity contribution in [1.82, 2.24) is 20.0 Å². The standard InChI is InChI=1S/C17H31N5/c1-5-8-17(3)9-7-10-22(14-17)16(18-6-2)19-11-15-12-20-21(4)13-15/h12-13H,5-11,14H2,1-4H3,(H,18,19). The van der Waals surface area contributed by atoms with Crippen molar-refractivity contribution in [2.24, 2.45) is 17.5 Å². The van der Waals surface area contributed by atoms with Gasteiger partial charge in [0.2, 0.25) is 0 Å². The fourth-order valence-electron chi connectivity index (χ4n) is 3.45. The highest BCUT2D eigenvalue weighted by Gasteiger charge is 2.31. The summed E-state index contributed by atoms with van der Waals surface area (Å²) in [5, 5.41) is 7.67. The van der Waals surface area contributed by atoms with E-state index in [1.165, 1.54) is 25.7 Å². The second-order valence-electron chi connectivity index (χ2n) is 6.78. The van der Waals surface area contributed by atoms with Crippen LogP contribution in [0.25, 0.3) is 0 Å². The molecular weight excluding hydrogens is 274 g/mol. The van der Waals surface area contributed by atoms with Crippen LogP contribution in [0.1, 0.15) is 52.0 Å². The van der Waals surface area contributed by atoms with Gasteiger partial charge in [-0.2, -0.15) is 5.10 Å². The molecule has 2 heterocycles. The Kier molecular flexibility index (Phi) is 5.86. The van der Waals surface area contributed by atoms with E-state index in [4.69, 9.17) is 4.99 Å². The van der Waals surface area contributed by atoms with E-state index >= 15 is 0 Å². The molecule has 2 rings (SSSR count). The van der Waals surface area contributed by atoms with Crippen molar-refractivity contribution in [1.29, 1.82) is 0 Å². The van der Waals surface area contributed by atoms with Crippen molar-refractivity contribution in [3.8, 4) is 0 Å². The molecule has 1 aromatic heterocycles. The largest absolute Gasteiger partial charge is 0.357 e. The van der Waals surface area contributed by atoms with E-state index in [-0.39, 0.29) is 0 Å². The minimum absolute atomic E-state index is 0.428. The van der Waals surface area contributed by atoms with E-state index in [9.17, 15) is 0 Å². The number of rotatable bonds is 5. The number of nitrogens with one attached hydrogen (secondary N) is 1. The lowest BCUT2D eigenvalue weighted by Crippen LogP contribution is -2.49. The third-order valence-electron chi connectivity index (χ3n) is 4.44. The van der Waals surface area contributed by atoms with E-state index in [2.05, 4.69) is 36.1 Å². The van der Waals surface area contributed by atoms with Crippen LogP contribution in [0.15, 0.2) is 17.4 Å². The molecule has 1 saturated heterocycles. The number of guanidine groups is 1. The zero-order valence-electron chi connectivity index (χ0n) is 14.6. The maximum atomic E-state index is 4.82. The van der Waals surface area contributed by atoms with Gasteiger partial charge in [0.05, 0.1) is 12.7 Å². The Morgan fingerprint density at radius 2 is 2.27 bits per heavy atom. The molecule has 124 valence electrons. The lowest BCUT2D eigenvalue weighted by atomic mass is 9.78. The predicted molar refractivity (Wildman–Crippen MR) is 91.8 cm³/mol. The smallest absolute Gasteiger partial charge is 0.194 e. The van der Waals surface area contributed by atoms with Gasteiger partial charge in [-0.05, 0) is 31.6 Å². The molecule has 0 bridgehead atoms. The fraction of sp³-hybridized carbons (Fsp3) is 0.765. The highest BCUT2D eigenvalue weighted by atomic mass is 15.3. The Hall–Kier alpha value is -1.52. The molecule has 1 fully saturated rings. The number of likely N-dealkylation sites (tertiary alicyclic amines) is 1. The first-order chi connectivity index (χ1) is 10.6. The summed E-state index contributed by atoms with van der Waals surface area (Å²) in [6.45, 7) is 10.7. The molecule has 1 aromatic rings. The molecule has 0 spiro atoms. The summed E-state index contributed by atoms with van der Waals surface area (Å²) in [5.74, 6) is 1.05. The van der Waals surface area contributed by atoms with E-state index in [1.807, 2.05) is 24.1 Å². The van der Waals surface area contributed by atoms with Crippen LogP contribution in [-0.4, -0.2) is 40.3 Å². The normalized spacial score (nSPS) is 22.9. The van der Waals surface area contributed by atoms with Gasteiger partial charge in [0.15, 0.2) is 5.96 Å². The maximum Gasteiger partial charge on any atom is 0.194 e. The van der Waals surface area contributed by atoms with Gasteiger partial charge in [0.1, 0.15) is 0 Å². The topological polar surface area (TPSA) is 45.5 Å². The number of hydrogen-bond acceptors (Lipinski definition) is 2. The Morgan fingerprint density at radius 3 is 2.91 bits per heavy atom. The van der Waals surface area contributed by atoms with Crippen molar-refractivity contribution in [2.75, 3.05) is 19.6 Å². The molecule has 1 aliphatic heterocycles. The maximum absolute atomic E-state index is 4.82. The third kappa shape index (κ3) is 4.49. The molecule has 0 aliphatic carbocycles. The highest BCUT2D eigenvalue weighted by Crippen LogP contribution is 2.33. The van der Waals surface area contributed by atoms with Crippen molar-refractivity contribution < 1.29 is 0 Å². The van der Waals surface area contributed by atoms with E-state index in [0.29, 0.717) is 12.0 Å². The highest BCUT2D eigenvalue weighted by molar-refractivity contribution is 5.80. The number of hydrogen-bond donors (Lipinski definition) is 1. The van der Waals surface area contributed by atoms with Crippen LogP contribution in [0.2, 0.25) is 0 Å². The average Bonchev–Trinajstić information content (AvgIpc) is 2.89. The van der Waals surface area contributed by atoms with Gasteiger partial charge >= 0.3 is 0 Å².